The number of carbonyl (C=O) groups is 1. The zero-order chi connectivity index (χ0) is 19.3. The molecule has 0 atom stereocenters. The molecule has 2 N–H and O–H groups in total. The van der Waals surface area contributed by atoms with Gasteiger partial charge < -0.3 is 10.1 Å². The molecule has 2 aromatic carbocycles. The third kappa shape index (κ3) is 5.35. The highest BCUT2D eigenvalue weighted by Crippen LogP contribution is 2.30. The molecule has 0 aromatic heterocycles. The molecule has 1 amide bonds. The minimum Gasteiger partial charge on any atom is -0.495 e. The predicted molar refractivity (Wildman–Crippen MR) is 103 cm³/mol. The molecule has 0 heterocycles. The highest BCUT2D eigenvalue weighted by atomic mass is 35.5. The summed E-state index contributed by atoms with van der Waals surface area (Å²) < 4.78 is 31.9. The van der Waals surface area contributed by atoms with Crippen LogP contribution in [0.3, 0.4) is 0 Å². The van der Waals surface area contributed by atoms with Crippen molar-refractivity contribution in [2.75, 3.05) is 19.0 Å². The second-order valence-electron chi connectivity index (χ2n) is 5.45. The lowest BCUT2D eigenvalue weighted by molar-refractivity contribution is -0.116. The fraction of sp³-hybridized carbons (Fsp3) is 0.235. The van der Waals surface area contributed by atoms with E-state index in [4.69, 9.17) is 27.9 Å². The molecule has 0 bridgehead atoms. The Morgan fingerprint density at radius 3 is 2.42 bits per heavy atom. The Balaban J connectivity index is 1.95. The monoisotopic (exact) mass is 416 g/mol. The number of anilines is 1. The van der Waals surface area contributed by atoms with E-state index in [0.29, 0.717) is 21.5 Å². The topological polar surface area (TPSA) is 84.5 Å². The maximum Gasteiger partial charge on any atom is 0.240 e. The van der Waals surface area contributed by atoms with E-state index in [2.05, 4.69) is 10.0 Å². The molecule has 0 aliphatic carbocycles. The van der Waals surface area contributed by atoms with Gasteiger partial charge in [0.15, 0.2) is 0 Å². The average molecular weight is 417 g/mol. The average Bonchev–Trinajstić information content (AvgIpc) is 2.58. The van der Waals surface area contributed by atoms with Crippen molar-refractivity contribution >= 4 is 44.8 Å². The molecular formula is C17H18Cl2N2O4S. The second-order valence-corrected chi connectivity index (χ2v) is 8.06. The fourth-order valence-electron chi connectivity index (χ4n) is 2.14. The van der Waals surface area contributed by atoms with E-state index in [9.17, 15) is 13.2 Å². The van der Waals surface area contributed by atoms with E-state index >= 15 is 0 Å². The van der Waals surface area contributed by atoms with Gasteiger partial charge in [0.2, 0.25) is 15.9 Å². The molecule has 0 spiro atoms. The quantitative estimate of drug-likeness (QED) is 0.721. The van der Waals surface area contributed by atoms with Crippen LogP contribution in [0.25, 0.3) is 0 Å². The van der Waals surface area contributed by atoms with E-state index in [1.54, 1.807) is 19.1 Å². The Labute approximate surface area is 162 Å². The van der Waals surface area contributed by atoms with E-state index in [1.807, 2.05) is 0 Å². The number of ether oxygens (including phenoxy) is 1. The molecule has 0 radical (unpaired) electrons. The van der Waals surface area contributed by atoms with Crippen LogP contribution in [-0.2, 0) is 14.8 Å². The van der Waals surface area contributed by atoms with Gasteiger partial charge in [-0.15, -0.1) is 0 Å². The van der Waals surface area contributed by atoms with E-state index in [-0.39, 0.29) is 23.8 Å². The van der Waals surface area contributed by atoms with E-state index < -0.39 is 10.0 Å². The van der Waals surface area contributed by atoms with Crippen LogP contribution >= 0.6 is 23.2 Å². The first kappa shape index (κ1) is 20.5. The molecule has 9 heteroatoms. The number of amides is 1. The third-order valence-corrected chi connectivity index (χ3v) is 5.66. The van der Waals surface area contributed by atoms with Crippen molar-refractivity contribution in [3.05, 3.63) is 52.0 Å². The highest BCUT2D eigenvalue weighted by Gasteiger charge is 2.15. The largest absolute Gasteiger partial charge is 0.495 e. The number of sulfonamides is 1. The van der Waals surface area contributed by atoms with Gasteiger partial charge in [0.25, 0.3) is 0 Å². The molecule has 0 aliphatic rings. The zero-order valence-electron chi connectivity index (χ0n) is 14.2. The molecule has 140 valence electrons. The van der Waals surface area contributed by atoms with Crippen molar-refractivity contribution in [1.82, 2.24) is 4.72 Å². The van der Waals surface area contributed by atoms with Crippen LogP contribution in [0.2, 0.25) is 10.0 Å². The molecule has 0 unspecified atom stereocenters. The number of aryl methyl sites for hydroxylation is 1. The number of carbonyl (C=O) groups excluding carboxylic acids is 1. The standard InChI is InChI=1S/C17H18Cl2N2O4S/c1-11-9-15(16(25-2)10-14(11)19)21-17(22)7-8-20-26(23,24)13-5-3-12(18)4-6-13/h3-6,9-10,20H,7-8H2,1-2H3,(H,21,22). The van der Waals surface area contributed by atoms with Crippen molar-refractivity contribution in [3.63, 3.8) is 0 Å². The van der Waals surface area contributed by atoms with Crippen LogP contribution < -0.4 is 14.8 Å². The lowest BCUT2D eigenvalue weighted by Gasteiger charge is -2.12. The number of methoxy groups -OCH3 is 1. The number of halogens is 2. The zero-order valence-corrected chi connectivity index (χ0v) is 16.5. The van der Waals surface area contributed by atoms with Crippen LogP contribution in [0, 0.1) is 6.92 Å². The number of benzene rings is 2. The first-order chi connectivity index (χ1) is 12.2. The van der Waals surface area contributed by atoms with Gasteiger partial charge >= 0.3 is 0 Å². The van der Waals surface area contributed by atoms with Gasteiger partial charge in [-0.1, -0.05) is 23.2 Å². The number of hydrogen-bond donors (Lipinski definition) is 2. The minimum atomic E-state index is -3.70. The molecule has 0 aliphatic heterocycles. The maximum absolute atomic E-state index is 12.1. The van der Waals surface area contributed by atoms with Gasteiger partial charge in [-0.25, -0.2) is 13.1 Å². The Hall–Kier alpha value is -1.80. The maximum atomic E-state index is 12.1. The smallest absolute Gasteiger partial charge is 0.240 e. The summed E-state index contributed by atoms with van der Waals surface area (Å²) in [6.45, 7) is 1.75. The Morgan fingerprint density at radius 1 is 1.15 bits per heavy atom. The summed E-state index contributed by atoms with van der Waals surface area (Å²) in [4.78, 5) is 12.2. The Morgan fingerprint density at radius 2 is 1.81 bits per heavy atom. The van der Waals surface area contributed by atoms with Gasteiger partial charge in [-0.3, -0.25) is 4.79 Å². The molecule has 2 rings (SSSR count). The van der Waals surface area contributed by atoms with E-state index in [0.717, 1.165) is 5.56 Å². The van der Waals surface area contributed by atoms with Gasteiger partial charge in [0, 0.05) is 29.1 Å². The fourth-order valence-corrected chi connectivity index (χ4v) is 3.45. The molecule has 6 nitrogen and oxygen atoms in total. The van der Waals surface area contributed by atoms with Crippen molar-refractivity contribution < 1.29 is 17.9 Å². The third-order valence-electron chi connectivity index (χ3n) is 3.52. The minimum absolute atomic E-state index is 0.0440. The summed E-state index contributed by atoms with van der Waals surface area (Å²) in [5.74, 6) is 0.0690. The number of rotatable bonds is 7. The van der Waals surface area contributed by atoms with Crippen molar-refractivity contribution in [2.24, 2.45) is 0 Å². The van der Waals surface area contributed by atoms with Crippen LogP contribution in [0.15, 0.2) is 41.3 Å². The Bertz CT molecular complexity index is 900. The number of nitrogens with one attached hydrogen (secondary N) is 2. The van der Waals surface area contributed by atoms with Crippen molar-refractivity contribution in [3.8, 4) is 5.75 Å². The number of hydrogen-bond acceptors (Lipinski definition) is 4. The van der Waals surface area contributed by atoms with Gasteiger partial charge in [-0.05, 0) is 42.8 Å². The van der Waals surface area contributed by atoms with E-state index in [1.165, 1.54) is 31.4 Å². The molecular weight excluding hydrogens is 399 g/mol. The first-order valence-electron chi connectivity index (χ1n) is 7.62. The van der Waals surface area contributed by atoms with Crippen molar-refractivity contribution in [1.29, 1.82) is 0 Å². The molecule has 0 saturated heterocycles. The molecule has 0 saturated carbocycles. The van der Waals surface area contributed by atoms with Crippen LogP contribution in [0.4, 0.5) is 5.69 Å². The summed E-state index contributed by atoms with van der Waals surface area (Å²) >= 11 is 11.8. The summed E-state index contributed by atoms with van der Waals surface area (Å²) in [6, 6.07) is 9.06. The van der Waals surface area contributed by atoms with Crippen LogP contribution in [-0.4, -0.2) is 28.0 Å². The molecule has 26 heavy (non-hydrogen) atoms. The van der Waals surface area contributed by atoms with Crippen LogP contribution in [0.5, 0.6) is 5.75 Å². The van der Waals surface area contributed by atoms with Crippen molar-refractivity contribution in [2.45, 2.75) is 18.2 Å². The molecule has 0 fully saturated rings. The SMILES string of the molecule is COc1cc(Cl)c(C)cc1NC(=O)CCNS(=O)(=O)c1ccc(Cl)cc1. The lowest BCUT2D eigenvalue weighted by atomic mass is 10.2. The summed E-state index contributed by atoms with van der Waals surface area (Å²) in [6.07, 6.45) is -0.0440. The predicted octanol–water partition coefficient (Wildman–Crippen LogP) is 3.62. The first-order valence-corrected chi connectivity index (χ1v) is 9.86. The Kier molecular flexibility index (Phi) is 6.88. The summed E-state index contributed by atoms with van der Waals surface area (Å²) in [5.41, 5.74) is 1.26. The summed E-state index contributed by atoms with van der Waals surface area (Å²) in [7, 11) is -2.23. The highest BCUT2D eigenvalue weighted by molar-refractivity contribution is 7.89. The normalized spacial score (nSPS) is 11.2. The molecule has 2 aromatic rings. The van der Waals surface area contributed by atoms with Crippen LogP contribution in [0.1, 0.15) is 12.0 Å². The summed E-state index contributed by atoms with van der Waals surface area (Å²) in [5, 5.41) is 3.65. The van der Waals surface area contributed by atoms with Gasteiger partial charge in [0.05, 0.1) is 17.7 Å². The van der Waals surface area contributed by atoms with Gasteiger partial charge in [0.1, 0.15) is 5.75 Å². The van der Waals surface area contributed by atoms with Gasteiger partial charge in [-0.2, -0.15) is 0 Å². The lowest BCUT2D eigenvalue weighted by Crippen LogP contribution is -2.27. The second kappa shape index (κ2) is 8.73.